The van der Waals surface area contributed by atoms with E-state index in [9.17, 15) is 14.4 Å². The molecular formula is C18H25NO6. The average Bonchev–Trinajstić information content (AvgIpc) is 2.55. The predicted octanol–water partition coefficient (Wildman–Crippen LogP) is 3.24. The summed E-state index contributed by atoms with van der Waals surface area (Å²) in [5, 5.41) is 2.26. The summed E-state index contributed by atoms with van der Waals surface area (Å²) in [5.41, 5.74) is 0.355. The second-order valence-corrected chi connectivity index (χ2v) is 5.87. The molecule has 0 radical (unpaired) electrons. The maximum absolute atomic E-state index is 11.8. The Labute approximate surface area is 147 Å². The van der Waals surface area contributed by atoms with Gasteiger partial charge in [-0.15, -0.1) is 0 Å². The number of nitrogens with one attached hydrogen (secondary N) is 1. The fraction of sp³-hybridized carbons (Fsp3) is 0.500. The van der Waals surface area contributed by atoms with Gasteiger partial charge in [-0.3, -0.25) is 10.1 Å². The van der Waals surface area contributed by atoms with Crippen molar-refractivity contribution in [2.75, 3.05) is 6.73 Å². The highest BCUT2D eigenvalue weighted by Crippen LogP contribution is 2.07. The maximum atomic E-state index is 11.8. The zero-order valence-electron chi connectivity index (χ0n) is 14.8. The first-order valence-corrected chi connectivity index (χ1v) is 8.24. The summed E-state index contributed by atoms with van der Waals surface area (Å²) >= 11 is 0. The molecule has 0 unspecified atom stereocenters. The number of alkyl carbamates (subject to hydrolysis) is 1. The van der Waals surface area contributed by atoms with Crippen molar-refractivity contribution < 1.29 is 28.6 Å². The van der Waals surface area contributed by atoms with Crippen LogP contribution in [-0.2, 0) is 19.0 Å². The molecule has 7 nitrogen and oxygen atoms in total. The third kappa shape index (κ3) is 9.34. The van der Waals surface area contributed by atoms with E-state index in [4.69, 9.17) is 14.2 Å². The Morgan fingerprint density at radius 3 is 2.36 bits per heavy atom. The van der Waals surface area contributed by atoms with E-state index < -0.39 is 18.4 Å². The lowest BCUT2D eigenvalue weighted by molar-refractivity contribution is -0.144. The first-order valence-electron chi connectivity index (χ1n) is 8.24. The number of benzene rings is 1. The minimum absolute atomic E-state index is 0.293. The zero-order chi connectivity index (χ0) is 18.7. The third-order valence-electron chi connectivity index (χ3n) is 3.17. The SMILES string of the molecule is CC(C)CCCC(=O)OCNC(=O)O[C@@H](C)OC(=O)c1ccccc1. The molecule has 1 aromatic carbocycles. The van der Waals surface area contributed by atoms with Crippen LogP contribution in [0.25, 0.3) is 0 Å². The molecule has 0 aliphatic carbocycles. The van der Waals surface area contributed by atoms with Gasteiger partial charge >= 0.3 is 18.0 Å². The van der Waals surface area contributed by atoms with Crippen LogP contribution in [0.5, 0.6) is 0 Å². The maximum Gasteiger partial charge on any atom is 0.412 e. The van der Waals surface area contributed by atoms with E-state index in [2.05, 4.69) is 19.2 Å². The standard InChI is InChI=1S/C18H25NO6/c1-13(2)8-7-11-16(20)23-12-19-18(22)25-14(3)24-17(21)15-9-5-4-6-10-15/h4-6,9-10,13-14H,7-8,11-12H2,1-3H3,(H,19,22)/t14-/m0/s1. The number of carbonyl (C=O) groups is 3. The Kier molecular flexibility index (Phi) is 9.06. The van der Waals surface area contributed by atoms with Crippen molar-refractivity contribution in [3.8, 4) is 0 Å². The van der Waals surface area contributed by atoms with Crippen LogP contribution < -0.4 is 5.32 Å². The molecule has 0 saturated heterocycles. The first kappa shape index (κ1) is 20.5. The van der Waals surface area contributed by atoms with Gasteiger partial charge in [0.15, 0.2) is 6.73 Å². The monoisotopic (exact) mass is 351 g/mol. The molecule has 0 bridgehead atoms. The van der Waals surface area contributed by atoms with Gasteiger partial charge in [-0.2, -0.15) is 0 Å². The minimum atomic E-state index is -1.07. The lowest BCUT2D eigenvalue weighted by atomic mass is 10.1. The highest BCUT2D eigenvalue weighted by atomic mass is 16.7. The van der Waals surface area contributed by atoms with Crippen molar-refractivity contribution in [1.29, 1.82) is 0 Å². The van der Waals surface area contributed by atoms with Crippen LogP contribution in [0.1, 0.15) is 50.4 Å². The normalized spacial score (nSPS) is 11.5. The summed E-state index contributed by atoms with van der Waals surface area (Å²) in [5.74, 6) is -0.456. The van der Waals surface area contributed by atoms with Crippen LogP contribution in [0.2, 0.25) is 0 Å². The lowest BCUT2D eigenvalue weighted by Crippen LogP contribution is -2.32. The molecule has 0 heterocycles. The van der Waals surface area contributed by atoms with Gasteiger partial charge in [-0.05, 0) is 24.5 Å². The Morgan fingerprint density at radius 1 is 1.04 bits per heavy atom. The third-order valence-corrected chi connectivity index (χ3v) is 3.17. The largest absolute Gasteiger partial charge is 0.444 e. The molecule has 1 atom stereocenters. The van der Waals surface area contributed by atoms with Gasteiger partial charge in [-0.25, -0.2) is 9.59 Å². The van der Waals surface area contributed by atoms with Crippen molar-refractivity contribution in [1.82, 2.24) is 5.32 Å². The molecule has 1 N–H and O–H groups in total. The van der Waals surface area contributed by atoms with Gasteiger partial charge in [0.1, 0.15) is 0 Å². The van der Waals surface area contributed by atoms with Gasteiger partial charge < -0.3 is 14.2 Å². The van der Waals surface area contributed by atoms with Crippen molar-refractivity contribution in [3.05, 3.63) is 35.9 Å². The summed E-state index contributed by atoms with van der Waals surface area (Å²) in [6.45, 7) is 5.28. The van der Waals surface area contributed by atoms with E-state index in [0.29, 0.717) is 17.9 Å². The molecule has 7 heteroatoms. The molecule has 0 aromatic heterocycles. The van der Waals surface area contributed by atoms with Crippen LogP contribution in [0.3, 0.4) is 0 Å². The number of hydrogen-bond acceptors (Lipinski definition) is 6. The van der Waals surface area contributed by atoms with E-state index in [1.807, 2.05) is 0 Å². The highest BCUT2D eigenvalue weighted by Gasteiger charge is 2.15. The molecule has 0 aliphatic rings. The molecule has 0 fully saturated rings. The summed E-state index contributed by atoms with van der Waals surface area (Å²) in [4.78, 5) is 34.8. The number of ether oxygens (including phenoxy) is 3. The van der Waals surface area contributed by atoms with E-state index >= 15 is 0 Å². The van der Waals surface area contributed by atoms with E-state index in [-0.39, 0.29) is 12.7 Å². The molecule has 0 aliphatic heterocycles. The Hall–Kier alpha value is -2.57. The molecular weight excluding hydrogens is 326 g/mol. The molecule has 0 saturated carbocycles. The summed E-state index contributed by atoms with van der Waals surface area (Å²) in [7, 11) is 0. The number of amides is 1. The lowest BCUT2D eigenvalue weighted by Gasteiger charge is -2.14. The van der Waals surface area contributed by atoms with E-state index in [1.165, 1.54) is 6.92 Å². The second-order valence-electron chi connectivity index (χ2n) is 5.87. The quantitative estimate of drug-likeness (QED) is 0.542. The van der Waals surface area contributed by atoms with Gasteiger partial charge in [0.25, 0.3) is 0 Å². The molecule has 1 amide bonds. The molecule has 25 heavy (non-hydrogen) atoms. The summed E-state index contributed by atoms with van der Waals surface area (Å²) in [6, 6.07) is 8.35. The molecule has 0 spiro atoms. The van der Waals surface area contributed by atoms with Crippen LogP contribution in [0, 0.1) is 5.92 Å². The summed E-state index contributed by atoms with van der Waals surface area (Å²) in [6.07, 6.45) is 0.0697. The smallest absolute Gasteiger partial charge is 0.412 e. The molecule has 1 aromatic rings. The van der Waals surface area contributed by atoms with Crippen molar-refractivity contribution in [2.45, 2.75) is 46.3 Å². The van der Waals surface area contributed by atoms with Crippen LogP contribution in [0.4, 0.5) is 4.79 Å². The van der Waals surface area contributed by atoms with Gasteiger partial charge in [-0.1, -0.05) is 38.5 Å². The Balaban J connectivity index is 2.19. The fourth-order valence-electron chi connectivity index (χ4n) is 1.91. The fourth-order valence-corrected chi connectivity index (χ4v) is 1.91. The first-order chi connectivity index (χ1) is 11.9. The van der Waals surface area contributed by atoms with Crippen LogP contribution in [0.15, 0.2) is 30.3 Å². The van der Waals surface area contributed by atoms with Crippen molar-refractivity contribution >= 4 is 18.0 Å². The Bertz CT molecular complexity index is 558. The van der Waals surface area contributed by atoms with Gasteiger partial charge in [0, 0.05) is 13.3 Å². The molecule has 138 valence electrons. The van der Waals surface area contributed by atoms with Crippen LogP contribution >= 0.6 is 0 Å². The topological polar surface area (TPSA) is 90.9 Å². The van der Waals surface area contributed by atoms with Gasteiger partial charge in [0.05, 0.1) is 5.56 Å². The van der Waals surface area contributed by atoms with Gasteiger partial charge in [0.2, 0.25) is 6.29 Å². The second kappa shape index (κ2) is 11.1. The summed E-state index contributed by atoms with van der Waals surface area (Å²) < 4.78 is 14.7. The number of carbonyl (C=O) groups excluding carboxylic acids is 3. The van der Waals surface area contributed by atoms with E-state index in [1.54, 1.807) is 30.3 Å². The average molecular weight is 351 g/mol. The van der Waals surface area contributed by atoms with Crippen molar-refractivity contribution in [2.24, 2.45) is 5.92 Å². The number of rotatable bonds is 9. The van der Waals surface area contributed by atoms with Crippen molar-refractivity contribution in [3.63, 3.8) is 0 Å². The zero-order valence-corrected chi connectivity index (χ0v) is 14.8. The van der Waals surface area contributed by atoms with E-state index in [0.717, 1.165) is 12.8 Å². The predicted molar refractivity (Wildman–Crippen MR) is 90.6 cm³/mol. The Morgan fingerprint density at radius 2 is 1.72 bits per heavy atom. The number of hydrogen-bond donors (Lipinski definition) is 1. The van der Waals surface area contributed by atoms with Crippen LogP contribution in [-0.4, -0.2) is 31.1 Å². The highest BCUT2D eigenvalue weighted by molar-refractivity contribution is 5.89. The number of esters is 2. The minimum Gasteiger partial charge on any atom is -0.444 e. The molecule has 1 rings (SSSR count).